The van der Waals surface area contributed by atoms with Gasteiger partial charge in [0.2, 0.25) is 0 Å². The maximum Gasteiger partial charge on any atom is 0.153 e. The zero-order valence-corrected chi connectivity index (χ0v) is 9.58. The Kier molecular flexibility index (Phi) is 2.85. The quantitative estimate of drug-likeness (QED) is 0.787. The van der Waals surface area contributed by atoms with Gasteiger partial charge >= 0.3 is 0 Å². The van der Waals surface area contributed by atoms with Crippen molar-refractivity contribution in [2.75, 3.05) is 0 Å². The number of rotatable bonds is 3. The molecule has 0 fully saturated rings. The van der Waals surface area contributed by atoms with E-state index in [0.717, 1.165) is 17.3 Å². The lowest BCUT2D eigenvalue weighted by Gasteiger charge is -2.13. The Morgan fingerprint density at radius 3 is 2.62 bits per heavy atom. The molecule has 1 aromatic carbocycles. The molecule has 0 saturated carbocycles. The van der Waals surface area contributed by atoms with Crippen molar-refractivity contribution in [2.45, 2.75) is 26.9 Å². The van der Waals surface area contributed by atoms with E-state index >= 15 is 0 Å². The smallest absolute Gasteiger partial charge is 0.153 e. The highest BCUT2D eigenvalue weighted by molar-refractivity contribution is 5.46. The maximum atomic E-state index is 5.71. The first-order chi connectivity index (χ1) is 7.68. The number of tetrazole rings is 1. The molecular formula is C11H14N4O. The van der Waals surface area contributed by atoms with Gasteiger partial charge in [-0.1, -0.05) is 12.1 Å². The van der Waals surface area contributed by atoms with Gasteiger partial charge in [0.1, 0.15) is 11.4 Å². The van der Waals surface area contributed by atoms with E-state index in [-0.39, 0.29) is 6.10 Å². The van der Waals surface area contributed by atoms with E-state index in [0.29, 0.717) is 0 Å². The van der Waals surface area contributed by atoms with Gasteiger partial charge in [-0.15, -0.1) is 5.10 Å². The molecule has 0 radical (unpaired) electrons. The van der Waals surface area contributed by atoms with E-state index in [4.69, 9.17) is 4.74 Å². The third-order valence-electron chi connectivity index (χ3n) is 2.08. The van der Waals surface area contributed by atoms with Gasteiger partial charge in [-0.3, -0.25) is 0 Å². The Balaban J connectivity index is 2.44. The summed E-state index contributed by atoms with van der Waals surface area (Å²) in [4.78, 5) is 0. The first-order valence-corrected chi connectivity index (χ1v) is 5.19. The Labute approximate surface area is 94.0 Å². The third-order valence-corrected chi connectivity index (χ3v) is 2.08. The van der Waals surface area contributed by atoms with Crippen LogP contribution in [0.3, 0.4) is 0 Å². The van der Waals surface area contributed by atoms with Crippen LogP contribution in [0.5, 0.6) is 5.75 Å². The molecule has 0 spiro atoms. The molecule has 1 aromatic heterocycles. The fourth-order valence-electron chi connectivity index (χ4n) is 1.44. The number of benzene rings is 1. The minimum absolute atomic E-state index is 0.123. The minimum atomic E-state index is 0.123. The molecule has 0 N–H and O–H groups in total. The second kappa shape index (κ2) is 4.30. The van der Waals surface area contributed by atoms with E-state index in [1.807, 2.05) is 45.0 Å². The second-order valence-corrected chi connectivity index (χ2v) is 3.77. The molecule has 0 aliphatic heterocycles. The SMILES string of the molecule is Cc1nnnn1-c1ccccc1OC(C)C. The van der Waals surface area contributed by atoms with Gasteiger partial charge in [-0.25, -0.2) is 0 Å². The Hall–Kier alpha value is -1.91. The van der Waals surface area contributed by atoms with Crippen molar-refractivity contribution in [3.8, 4) is 11.4 Å². The number of aryl methyl sites for hydroxylation is 1. The van der Waals surface area contributed by atoms with Crippen LogP contribution in [0.15, 0.2) is 24.3 Å². The first-order valence-electron chi connectivity index (χ1n) is 5.19. The zero-order chi connectivity index (χ0) is 11.5. The summed E-state index contributed by atoms with van der Waals surface area (Å²) in [6.07, 6.45) is 0.123. The third kappa shape index (κ3) is 2.03. The van der Waals surface area contributed by atoms with Gasteiger partial charge < -0.3 is 4.74 Å². The van der Waals surface area contributed by atoms with E-state index in [1.165, 1.54) is 0 Å². The molecule has 0 bridgehead atoms. The number of ether oxygens (including phenoxy) is 1. The van der Waals surface area contributed by atoms with E-state index in [1.54, 1.807) is 4.68 Å². The molecule has 84 valence electrons. The molecule has 0 aliphatic carbocycles. The standard InChI is InChI=1S/C11H14N4O/c1-8(2)16-11-7-5-4-6-10(11)15-9(3)12-13-14-15/h4-8H,1-3H3. The number of para-hydroxylation sites is 2. The first kappa shape index (κ1) is 10.6. The normalized spacial score (nSPS) is 10.8. The van der Waals surface area contributed by atoms with Gasteiger partial charge in [0.15, 0.2) is 5.82 Å². The maximum absolute atomic E-state index is 5.71. The van der Waals surface area contributed by atoms with Crippen LogP contribution >= 0.6 is 0 Å². The van der Waals surface area contributed by atoms with Crippen LogP contribution in [0.2, 0.25) is 0 Å². The highest BCUT2D eigenvalue weighted by Crippen LogP contribution is 2.23. The summed E-state index contributed by atoms with van der Waals surface area (Å²) >= 11 is 0. The molecule has 0 aliphatic rings. The molecule has 0 atom stereocenters. The number of hydrogen-bond donors (Lipinski definition) is 0. The zero-order valence-electron chi connectivity index (χ0n) is 9.58. The number of hydrogen-bond acceptors (Lipinski definition) is 4. The van der Waals surface area contributed by atoms with Crippen molar-refractivity contribution >= 4 is 0 Å². The summed E-state index contributed by atoms with van der Waals surface area (Å²) in [7, 11) is 0. The molecule has 1 heterocycles. The molecule has 0 amide bonds. The lowest BCUT2D eigenvalue weighted by Crippen LogP contribution is -2.09. The Morgan fingerprint density at radius 2 is 2.00 bits per heavy atom. The summed E-state index contributed by atoms with van der Waals surface area (Å²) in [6.45, 7) is 5.83. The fourth-order valence-corrected chi connectivity index (χ4v) is 1.44. The van der Waals surface area contributed by atoms with Crippen LogP contribution in [-0.2, 0) is 0 Å². The lowest BCUT2D eigenvalue weighted by molar-refractivity contribution is 0.241. The van der Waals surface area contributed by atoms with Gasteiger partial charge in [0.05, 0.1) is 6.10 Å². The highest BCUT2D eigenvalue weighted by atomic mass is 16.5. The Bertz CT molecular complexity index is 478. The van der Waals surface area contributed by atoms with Crippen LogP contribution < -0.4 is 4.74 Å². The average Bonchev–Trinajstić information content (AvgIpc) is 2.64. The average molecular weight is 218 g/mol. The minimum Gasteiger partial charge on any atom is -0.489 e. The summed E-state index contributed by atoms with van der Waals surface area (Å²) < 4.78 is 7.37. The molecule has 0 unspecified atom stereocenters. The van der Waals surface area contributed by atoms with Crippen LogP contribution in [0.4, 0.5) is 0 Å². The summed E-state index contributed by atoms with van der Waals surface area (Å²) in [6, 6.07) is 7.71. The van der Waals surface area contributed by atoms with Crippen molar-refractivity contribution in [1.29, 1.82) is 0 Å². The summed E-state index contributed by atoms with van der Waals surface area (Å²) in [5, 5.41) is 11.4. The van der Waals surface area contributed by atoms with E-state index in [2.05, 4.69) is 15.5 Å². The molecule has 2 aromatic rings. The highest BCUT2D eigenvalue weighted by Gasteiger charge is 2.10. The number of aromatic nitrogens is 4. The van der Waals surface area contributed by atoms with Crippen LogP contribution in [0.1, 0.15) is 19.7 Å². The Morgan fingerprint density at radius 1 is 1.25 bits per heavy atom. The fraction of sp³-hybridized carbons (Fsp3) is 0.364. The van der Waals surface area contributed by atoms with E-state index < -0.39 is 0 Å². The number of nitrogens with zero attached hydrogens (tertiary/aromatic N) is 4. The monoisotopic (exact) mass is 218 g/mol. The van der Waals surface area contributed by atoms with Crippen molar-refractivity contribution < 1.29 is 4.74 Å². The second-order valence-electron chi connectivity index (χ2n) is 3.77. The van der Waals surface area contributed by atoms with E-state index in [9.17, 15) is 0 Å². The predicted octanol–water partition coefficient (Wildman–Crippen LogP) is 1.76. The molecular weight excluding hydrogens is 204 g/mol. The van der Waals surface area contributed by atoms with Crippen LogP contribution in [0.25, 0.3) is 5.69 Å². The van der Waals surface area contributed by atoms with Gasteiger partial charge in [-0.2, -0.15) is 4.68 Å². The molecule has 16 heavy (non-hydrogen) atoms. The van der Waals surface area contributed by atoms with Crippen molar-refractivity contribution in [1.82, 2.24) is 20.2 Å². The molecule has 5 nitrogen and oxygen atoms in total. The van der Waals surface area contributed by atoms with Crippen LogP contribution in [-0.4, -0.2) is 26.3 Å². The molecule has 2 rings (SSSR count). The van der Waals surface area contributed by atoms with Gasteiger partial charge in [0, 0.05) is 0 Å². The summed E-state index contributed by atoms with van der Waals surface area (Å²) in [5.41, 5.74) is 0.860. The predicted molar refractivity (Wildman–Crippen MR) is 59.7 cm³/mol. The van der Waals surface area contributed by atoms with Gasteiger partial charge in [-0.05, 0) is 43.3 Å². The van der Waals surface area contributed by atoms with Gasteiger partial charge in [0.25, 0.3) is 0 Å². The van der Waals surface area contributed by atoms with Crippen molar-refractivity contribution in [3.63, 3.8) is 0 Å². The lowest BCUT2D eigenvalue weighted by atomic mass is 10.3. The molecule has 0 saturated heterocycles. The molecule has 5 heteroatoms. The summed E-state index contributed by atoms with van der Waals surface area (Å²) in [5.74, 6) is 1.52. The van der Waals surface area contributed by atoms with Crippen molar-refractivity contribution in [3.05, 3.63) is 30.1 Å². The largest absolute Gasteiger partial charge is 0.489 e. The van der Waals surface area contributed by atoms with Crippen LogP contribution in [0, 0.1) is 6.92 Å². The van der Waals surface area contributed by atoms with Crippen molar-refractivity contribution in [2.24, 2.45) is 0 Å². The topological polar surface area (TPSA) is 52.8 Å².